The number of ether oxygens (including phenoxy) is 1. The molecular formula is C17H19NO2. The van der Waals surface area contributed by atoms with E-state index in [1.54, 1.807) is 13.2 Å². The van der Waals surface area contributed by atoms with Crippen molar-refractivity contribution in [2.45, 2.75) is 31.7 Å². The van der Waals surface area contributed by atoms with E-state index in [0.717, 1.165) is 24.4 Å². The van der Waals surface area contributed by atoms with Gasteiger partial charge in [-0.05, 0) is 36.1 Å². The zero-order valence-corrected chi connectivity index (χ0v) is 11.9. The molecule has 20 heavy (non-hydrogen) atoms. The van der Waals surface area contributed by atoms with Gasteiger partial charge < -0.3 is 9.30 Å². The lowest BCUT2D eigenvalue weighted by Crippen LogP contribution is -2.30. The van der Waals surface area contributed by atoms with Gasteiger partial charge in [-0.2, -0.15) is 0 Å². The molecule has 0 spiro atoms. The predicted octanol–water partition coefficient (Wildman–Crippen LogP) is 3.15. The van der Waals surface area contributed by atoms with Gasteiger partial charge in [-0.25, -0.2) is 0 Å². The van der Waals surface area contributed by atoms with Crippen LogP contribution in [0.1, 0.15) is 36.4 Å². The first-order valence-electron chi connectivity index (χ1n) is 7.04. The molecule has 104 valence electrons. The lowest BCUT2D eigenvalue weighted by Gasteiger charge is -2.32. The van der Waals surface area contributed by atoms with Gasteiger partial charge in [0.2, 0.25) is 0 Å². The molecule has 0 bridgehead atoms. The van der Waals surface area contributed by atoms with Crippen molar-refractivity contribution in [1.29, 1.82) is 0 Å². The summed E-state index contributed by atoms with van der Waals surface area (Å²) in [5, 5.41) is 0. The zero-order chi connectivity index (χ0) is 14.1. The molecular weight excluding hydrogens is 250 g/mol. The molecule has 1 aliphatic heterocycles. The molecule has 1 aliphatic rings. The first-order valence-corrected chi connectivity index (χ1v) is 7.04. The summed E-state index contributed by atoms with van der Waals surface area (Å²) in [4.78, 5) is 11.9. The second kappa shape index (κ2) is 5.16. The van der Waals surface area contributed by atoms with Gasteiger partial charge in [0.1, 0.15) is 5.75 Å². The number of benzene rings is 1. The molecule has 0 fully saturated rings. The van der Waals surface area contributed by atoms with Gasteiger partial charge >= 0.3 is 0 Å². The van der Waals surface area contributed by atoms with Gasteiger partial charge in [-0.3, -0.25) is 4.79 Å². The highest BCUT2D eigenvalue weighted by Gasteiger charge is 2.27. The van der Waals surface area contributed by atoms with Crippen LogP contribution >= 0.6 is 0 Å². The van der Waals surface area contributed by atoms with Crippen molar-refractivity contribution in [2.75, 3.05) is 7.11 Å². The molecule has 0 N–H and O–H groups in total. The van der Waals surface area contributed by atoms with Crippen LogP contribution in [0.5, 0.6) is 5.75 Å². The minimum absolute atomic E-state index is 0.113. The van der Waals surface area contributed by atoms with Crippen molar-refractivity contribution in [1.82, 2.24) is 4.57 Å². The fourth-order valence-corrected chi connectivity index (χ4v) is 3.20. The number of aromatic nitrogens is 1. The largest absolute Gasteiger partial charge is 0.497 e. The third-order valence-corrected chi connectivity index (χ3v) is 4.36. The summed E-state index contributed by atoms with van der Waals surface area (Å²) in [5.74, 6) is 1.70. The second-order valence-electron chi connectivity index (χ2n) is 5.40. The number of fused-ring (bicyclic) bond motifs is 1. The van der Waals surface area contributed by atoms with Crippen LogP contribution in [0.3, 0.4) is 0 Å². The Kier molecular flexibility index (Phi) is 3.35. The Balaban J connectivity index is 1.95. The number of methoxy groups -OCH3 is 1. The molecule has 0 saturated heterocycles. The Morgan fingerprint density at radius 3 is 2.60 bits per heavy atom. The number of hydrogen-bond donors (Lipinski definition) is 0. The van der Waals surface area contributed by atoms with Crippen LogP contribution in [0.15, 0.2) is 47.3 Å². The number of hydrogen-bond acceptors (Lipinski definition) is 2. The minimum atomic E-state index is 0.113. The molecule has 0 radical (unpaired) electrons. The Bertz CT molecular complexity index is 657. The Hall–Kier alpha value is -2.03. The number of rotatable bonds is 2. The number of pyridine rings is 1. The zero-order valence-electron chi connectivity index (χ0n) is 11.9. The standard InChI is InChI=1S/C17H19NO2/c1-12-15(13-6-8-14(20-2)9-7-13)10-11-18-16(12)4-3-5-17(18)19/h3-9,12,15H,10-11H2,1-2H3/t12-,15+/m1/s1. The van der Waals surface area contributed by atoms with Gasteiger partial charge in [0.25, 0.3) is 5.56 Å². The van der Waals surface area contributed by atoms with Crippen LogP contribution in [0, 0.1) is 0 Å². The van der Waals surface area contributed by atoms with Crippen LogP contribution in [0.4, 0.5) is 0 Å². The summed E-state index contributed by atoms with van der Waals surface area (Å²) in [6, 6.07) is 13.9. The van der Waals surface area contributed by atoms with E-state index in [2.05, 4.69) is 25.1 Å². The summed E-state index contributed by atoms with van der Waals surface area (Å²) >= 11 is 0. The Morgan fingerprint density at radius 1 is 1.15 bits per heavy atom. The molecule has 1 aromatic carbocycles. The SMILES string of the molecule is COc1ccc([C@H]2CCn3c(cccc3=O)[C@@H]2C)cc1. The van der Waals surface area contributed by atoms with E-state index in [1.807, 2.05) is 22.8 Å². The van der Waals surface area contributed by atoms with E-state index >= 15 is 0 Å². The minimum Gasteiger partial charge on any atom is -0.497 e. The lowest BCUT2D eigenvalue weighted by molar-refractivity contribution is 0.401. The summed E-state index contributed by atoms with van der Waals surface area (Å²) in [7, 11) is 1.68. The second-order valence-corrected chi connectivity index (χ2v) is 5.40. The fourth-order valence-electron chi connectivity index (χ4n) is 3.20. The first-order chi connectivity index (χ1) is 9.70. The summed E-state index contributed by atoms with van der Waals surface area (Å²) in [6.45, 7) is 3.01. The highest BCUT2D eigenvalue weighted by Crippen LogP contribution is 2.38. The van der Waals surface area contributed by atoms with E-state index < -0.39 is 0 Å². The molecule has 0 amide bonds. The van der Waals surface area contributed by atoms with E-state index in [9.17, 15) is 4.79 Å². The van der Waals surface area contributed by atoms with Crippen molar-refractivity contribution in [3.8, 4) is 5.75 Å². The first kappa shape index (κ1) is 13.0. The van der Waals surface area contributed by atoms with Crippen molar-refractivity contribution in [3.05, 3.63) is 64.1 Å². The van der Waals surface area contributed by atoms with Crippen LogP contribution in [0.25, 0.3) is 0 Å². The quantitative estimate of drug-likeness (QED) is 0.838. The molecule has 1 aromatic heterocycles. The van der Waals surface area contributed by atoms with Crippen molar-refractivity contribution in [3.63, 3.8) is 0 Å². The highest BCUT2D eigenvalue weighted by atomic mass is 16.5. The topological polar surface area (TPSA) is 31.2 Å². The molecule has 0 saturated carbocycles. The number of nitrogens with zero attached hydrogens (tertiary/aromatic N) is 1. The normalized spacial score (nSPS) is 21.3. The smallest absolute Gasteiger partial charge is 0.250 e. The van der Waals surface area contributed by atoms with Gasteiger partial charge in [-0.15, -0.1) is 0 Å². The molecule has 0 unspecified atom stereocenters. The molecule has 2 atom stereocenters. The maximum Gasteiger partial charge on any atom is 0.250 e. The Morgan fingerprint density at radius 2 is 1.90 bits per heavy atom. The van der Waals surface area contributed by atoms with Gasteiger partial charge in [0.15, 0.2) is 0 Å². The van der Waals surface area contributed by atoms with Crippen LogP contribution in [-0.2, 0) is 6.54 Å². The van der Waals surface area contributed by atoms with Gasteiger partial charge in [0.05, 0.1) is 7.11 Å². The monoisotopic (exact) mass is 269 g/mol. The van der Waals surface area contributed by atoms with Gasteiger partial charge in [0, 0.05) is 24.2 Å². The average Bonchev–Trinajstić information content (AvgIpc) is 2.49. The maximum absolute atomic E-state index is 11.9. The van der Waals surface area contributed by atoms with E-state index in [1.165, 1.54) is 5.56 Å². The van der Waals surface area contributed by atoms with Crippen LogP contribution in [-0.4, -0.2) is 11.7 Å². The summed E-state index contributed by atoms with van der Waals surface area (Å²) in [6.07, 6.45) is 1.00. The molecule has 2 aromatic rings. The molecule has 0 aliphatic carbocycles. The van der Waals surface area contributed by atoms with Crippen molar-refractivity contribution >= 4 is 0 Å². The molecule has 3 nitrogen and oxygen atoms in total. The van der Waals surface area contributed by atoms with Crippen LogP contribution < -0.4 is 10.3 Å². The molecule has 3 heteroatoms. The van der Waals surface area contributed by atoms with E-state index in [0.29, 0.717) is 11.8 Å². The predicted molar refractivity (Wildman–Crippen MR) is 79.5 cm³/mol. The average molecular weight is 269 g/mol. The van der Waals surface area contributed by atoms with Crippen LogP contribution in [0.2, 0.25) is 0 Å². The molecule has 3 rings (SSSR count). The lowest BCUT2D eigenvalue weighted by atomic mass is 9.80. The Labute approximate surface area is 118 Å². The fraction of sp³-hybridized carbons (Fsp3) is 0.353. The van der Waals surface area contributed by atoms with Crippen molar-refractivity contribution < 1.29 is 4.74 Å². The third-order valence-electron chi connectivity index (χ3n) is 4.36. The third kappa shape index (κ3) is 2.13. The van der Waals surface area contributed by atoms with Crippen molar-refractivity contribution in [2.24, 2.45) is 0 Å². The van der Waals surface area contributed by atoms with E-state index in [-0.39, 0.29) is 5.56 Å². The summed E-state index contributed by atoms with van der Waals surface area (Å²) < 4.78 is 7.12. The van der Waals surface area contributed by atoms with E-state index in [4.69, 9.17) is 4.74 Å². The molecule has 2 heterocycles. The van der Waals surface area contributed by atoms with Gasteiger partial charge in [-0.1, -0.05) is 25.1 Å². The maximum atomic E-state index is 11.9. The highest BCUT2D eigenvalue weighted by molar-refractivity contribution is 5.32. The summed E-state index contributed by atoms with van der Waals surface area (Å²) in [5.41, 5.74) is 2.58.